The van der Waals surface area contributed by atoms with Crippen LogP contribution < -0.4 is 19.7 Å². The Labute approximate surface area is 214 Å². The van der Waals surface area contributed by atoms with Gasteiger partial charge in [-0.15, -0.1) is 0 Å². The molecule has 2 aliphatic rings. The van der Waals surface area contributed by atoms with E-state index in [4.69, 9.17) is 33.3 Å². The van der Waals surface area contributed by atoms with Crippen LogP contribution in [0.4, 0.5) is 5.69 Å². The number of benzene rings is 2. The van der Waals surface area contributed by atoms with Crippen molar-refractivity contribution < 1.29 is 9.47 Å². The summed E-state index contributed by atoms with van der Waals surface area (Å²) in [4.78, 5) is 6.83. The first-order chi connectivity index (χ1) is 17.0. The van der Waals surface area contributed by atoms with Crippen LogP contribution in [-0.2, 0) is 0 Å². The molecular formula is C27H23ClN4O2S. The smallest absolute Gasteiger partial charge is 0.231 e. The fraction of sp³-hybridized carbons (Fsp3) is 0.185. The Morgan fingerprint density at radius 1 is 0.971 bits per heavy atom. The van der Waals surface area contributed by atoms with Crippen LogP contribution in [0.15, 0.2) is 72.9 Å². The molecule has 0 amide bonds. The maximum absolute atomic E-state index is 6.15. The number of hydrogen-bond acceptors (Lipinski definition) is 4. The molecule has 2 atom stereocenters. The van der Waals surface area contributed by atoms with Gasteiger partial charge in [-0.05, 0) is 86.2 Å². The lowest BCUT2D eigenvalue weighted by Gasteiger charge is -2.28. The van der Waals surface area contributed by atoms with Gasteiger partial charge in [0, 0.05) is 40.0 Å². The summed E-state index contributed by atoms with van der Waals surface area (Å²) in [6, 6.07) is 21.8. The topological polar surface area (TPSA) is 51.6 Å². The summed E-state index contributed by atoms with van der Waals surface area (Å²) >= 11 is 12.0. The van der Waals surface area contributed by atoms with Crippen LogP contribution >= 0.6 is 23.8 Å². The van der Waals surface area contributed by atoms with Gasteiger partial charge in [0.25, 0.3) is 0 Å². The van der Waals surface area contributed by atoms with Gasteiger partial charge in [0.15, 0.2) is 16.6 Å². The third-order valence-electron chi connectivity index (χ3n) is 6.61. The molecule has 1 N–H and O–H groups in total. The average molecular weight is 503 g/mol. The first kappa shape index (κ1) is 21.9. The Morgan fingerprint density at radius 3 is 2.51 bits per heavy atom. The normalized spacial score (nSPS) is 18.7. The molecule has 2 unspecified atom stereocenters. The van der Waals surface area contributed by atoms with Crippen LogP contribution in [-0.4, -0.2) is 21.5 Å². The van der Waals surface area contributed by atoms with Crippen LogP contribution in [0.1, 0.15) is 34.7 Å². The molecule has 0 saturated carbocycles. The number of thiocarbonyl (C=S) groups is 1. The summed E-state index contributed by atoms with van der Waals surface area (Å²) in [5.74, 6) is 1.46. The number of nitrogens with one attached hydrogen (secondary N) is 1. The summed E-state index contributed by atoms with van der Waals surface area (Å²) < 4.78 is 13.4. The van der Waals surface area contributed by atoms with Crippen LogP contribution in [0.3, 0.4) is 0 Å². The second kappa shape index (κ2) is 8.59. The number of fused-ring (bicyclic) bond motifs is 1. The maximum atomic E-state index is 6.15. The zero-order valence-electron chi connectivity index (χ0n) is 19.2. The van der Waals surface area contributed by atoms with E-state index in [1.807, 2.05) is 66.9 Å². The minimum absolute atomic E-state index is 0.120. The van der Waals surface area contributed by atoms with Crippen molar-refractivity contribution in [1.29, 1.82) is 0 Å². The summed E-state index contributed by atoms with van der Waals surface area (Å²) in [6.45, 7) is 4.49. The van der Waals surface area contributed by atoms with E-state index in [-0.39, 0.29) is 18.9 Å². The predicted molar refractivity (Wildman–Crippen MR) is 141 cm³/mol. The second-order valence-electron chi connectivity index (χ2n) is 8.67. The molecule has 2 aliphatic heterocycles. The van der Waals surface area contributed by atoms with Crippen molar-refractivity contribution in [2.45, 2.75) is 25.9 Å². The van der Waals surface area contributed by atoms with Crippen molar-refractivity contribution in [3.63, 3.8) is 0 Å². The predicted octanol–water partition coefficient (Wildman–Crippen LogP) is 6.05. The van der Waals surface area contributed by atoms with Crippen molar-refractivity contribution in [3.05, 3.63) is 101 Å². The number of ether oxygens (including phenoxy) is 2. The molecule has 0 spiro atoms. The molecule has 1 fully saturated rings. The standard InChI is InChI=1S/C27H23ClN4O2S/c1-16-13-21(17(2)31(16)19-8-6-18(28)7-9-19)26-25(22-5-3-4-12-29-22)30-27(35)32(26)20-10-11-23-24(14-20)34-15-33-23/h3-14,25-26H,15H2,1-2H3,(H,30,35). The largest absolute Gasteiger partial charge is 0.454 e. The number of hydrogen-bond donors (Lipinski definition) is 1. The van der Waals surface area contributed by atoms with Crippen LogP contribution in [0.2, 0.25) is 5.02 Å². The summed E-state index contributed by atoms with van der Waals surface area (Å²) in [5, 5.41) is 4.89. The molecule has 8 heteroatoms. The SMILES string of the molecule is Cc1cc(C2C(c3ccccn3)NC(=S)N2c2ccc3c(c2)OCO3)c(C)n1-c1ccc(Cl)cc1. The zero-order valence-corrected chi connectivity index (χ0v) is 20.8. The molecule has 2 aromatic heterocycles. The van der Waals surface area contributed by atoms with Crippen molar-refractivity contribution in [2.24, 2.45) is 0 Å². The minimum Gasteiger partial charge on any atom is -0.454 e. The number of anilines is 1. The minimum atomic E-state index is -0.131. The van der Waals surface area contributed by atoms with Gasteiger partial charge in [-0.2, -0.15) is 0 Å². The Balaban J connectivity index is 1.51. The van der Waals surface area contributed by atoms with Gasteiger partial charge >= 0.3 is 0 Å². The molecule has 4 aromatic rings. The molecule has 2 aromatic carbocycles. The monoisotopic (exact) mass is 502 g/mol. The molecule has 0 aliphatic carbocycles. The van der Waals surface area contributed by atoms with Gasteiger partial charge in [0.1, 0.15) is 0 Å². The van der Waals surface area contributed by atoms with Crippen molar-refractivity contribution in [1.82, 2.24) is 14.9 Å². The number of pyridine rings is 1. The number of nitrogens with zero attached hydrogens (tertiary/aromatic N) is 3. The van der Waals surface area contributed by atoms with Gasteiger partial charge in [-0.3, -0.25) is 4.98 Å². The van der Waals surface area contributed by atoms with E-state index in [0.717, 1.165) is 45.5 Å². The highest BCUT2D eigenvalue weighted by atomic mass is 35.5. The van der Waals surface area contributed by atoms with E-state index in [2.05, 4.69) is 39.7 Å². The summed E-state index contributed by atoms with van der Waals surface area (Å²) in [7, 11) is 0. The van der Waals surface area contributed by atoms with E-state index >= 15 is 0 Å². The Kier molecular flexibility index (Phi) is 5.39. The van der Waals surface area contributed by atoms with Crippen molar-refractivity contribution >= 4 is 34.6 Å². The lowest BCUT2D eigenvalue weighted by atomic mass is 9.96. The summed E-state index contributed by atoms with van der Waals surface area (Å²) in [5.41, 5.74) is 6.35. The third kappa shape index (κ3) is 3.72. The molecule has 0 bridgehead atoms. The van der Waals surface area contributed by atoms with E-state index in [1.165, 1.54) is 0 Å². The lowest BCUT2D eigenvalue weighted by molar-refractivity contribution is 0.174. The molecule has 6 rings (SSSR count). The quantitative estimate of drug-likeness (QED) is 0.343. The molecular weight excluding hydrogens is 480 g/mol. The van der Waals surface area contributed by atoms with Gasteiger partial charge in [0.05, 0.1) is 17.8 Å². The number of aryl methyl sites for hydroxylation is 1. The molecule has 4 heterocycles. The Morgan fingerprint density at radius 2 is 1.74 bits per heavy atom. The highest BCUT2D eigenvalue weighted by molar-refractivity contribution is 7.80. The van der Waals surface area contributed by atoms with Crippen molar-refractivity contribution in [2.75, 3.05) is 11.7 Å². The summed E-state index contributed by atoms with van der Waals surface area (Å²) in [6.07, 6.45) is 1.82. The van der Waals surface area contributed by atoms with Crippen LogP contribution in [0.5, 0.6) is 11.5 Å². The first-order valence-corrected chi connectivity index (χ1v) is 12.1. The number of aromatic nitrogens is 2. The molecule has 35 heavy (non-hydrogen) atoms. The highest BCUT2D eigenvalue weighted by Crippen LogP contribution is 2.46. The van der Waals surface area contributed by atoms with E-state index < -0.39 is 0 Å². The molecule has 1 saturated heterocycles. The van der Waals surface area contributed by atoms with Gasteiger partial charge in [0.2, 0.25) is 6.79 Å². The fourth-order valence-corrected chi connectivity index (χ4v) is 5.53. The molecule has 6 nitrogen and oxygen atoms in total. The first-order valence-electron chi connectivity index (χ1n) is 11.4. The van der Waals surface area contributed by atoms with Gasteiger partial charge in [-0.25, -0.2) is 0 Å². The van der Waals surface area contributed by atoms with Crippen LogP contribution in [0, 0.1) is 13.8 Å². The fourth-order valence-electron chi connectivity index (χ4n) is 5.06. The van der Waals surface area contributed by atoms with Crippen LogP contribution in [0.25, 0.3) is 5.69 Å². The van der Waals surface area contributed by atoms with Gasteiger partial charge < -0.3 is 24.3 Å². The number of rotatable bonds is 4. The van der Waals surface area contributed by atoms with Gasteiger partial charge in [-0.1, -0.05) is 17.7 Å². The zero-order chi connectivity index (χ0) is 24.1. The molecule has 176 valence electrons. The maximum Gasteiger partial charge on any atom is 0.231 e. The molecule has 0 radical (unpaired) electrons. The third-order valence-corrected chi connectivity index (χ3v) is 7.17. The average Bonchev–Trinajstić information content (AvgIpc) is 3.55. The second-order valence-corrected chi connectivity index (χ2v) is 9.50. The highest BCUT2D eigenvalue weighted by Gasteiger charge is 2.42. The van der Waals surface area contributed by atoms with E-state index in [0.29, 0.717) is 10.1 Å². The Bertz CT molecular complexity index is 1420. The van der Waals surface area contributed by atoms with E-state index in [1.54, 1.807) is 0 Å². The Hall–Kier alpha value is -3.55. The van der Waals surface area contributed by atoms with E-state index in [9.17, 15) is 0 Å². The van der Waals surface area contributed by atoms with Crippen molar-refractivity contribution in [3.8, 4) is 17.2 Å². The number of halogens is 1. The lowest BCUT2D eigenvalue weighted by Crippen LogP contribution is -2.29.